The van der Waals surface area contributed by atoms with Crippen molar-refractivity contribution in [2.75, 3.05) is 0 Å². The predicted molar refractivity (Wildman–Crippen MR) is 188 cm³/mol. The SMILES string of the molecule is [C-]#[N+]/N=c1\c2cc(-c3cccc4ccccc34)ccc2c2cc3/c(=N/C#N)c4cc(-c5cccc6ccccc56)ccc4c3cc12. The Hall–Kier alpha value is -6.62. The van der Waals surface area contributed by atoms with E-state index in [2.05, 4.69) is 155 Å². The van der Waals surface area contributed by atoms with Gasteiger partial charge in [0.1, 0.15) is 0 Å². The average Bonchev–Trinajstić information content (AvgIpc) is 3.57. The van der Waals surface area contributed by atoms with E-state index in [1.807, 2.05) is 0 Å². The molecule has 0 atom stereocenters. The molecule has 210 valence electrons. The van der Waals surface area contributed by atoms with E-state index >= 15 is 0 Å². The van der Waals surface area contributed by atoms with Gasteiger partial charge in [0.15, 0.2) is 5.36 Å². The van der Waals surface area contributed by atoms with Crippen molar-refractivity contribution in [2.45, 2.75) is 0 Å². The summed E-state index contributed by atoms with van der Waals surface area (Å²) in [6.45, 7) is 7.68. The normalized spacial score (nSPS) is 12.6. The lowest BCUT2D eigenvalue weighted by Crippen LogP contribution is -1.99. The monoisotopic (exact) mass is 582 g/mol. The zero-order chi connectivity index (χ0) is 30.8. The van der Waals surface area contributed by atoms with Crippen molar-refractivity contribution < 1.29 is 0 Å². The second kappa shape index (κ2) is 9.96. The van der Waals surface area contributed by atoms with Crippen molar-refractivity contribution in [3.63, 3.8) is 0 Å². The molecule has 0 fully saturated rings. The Kier molecular flexibility index (Phi) is 5.59. The molecule has 0 saturated heterocycles. The first-order valence-corrected chi connectivity index (χ1v) is 15.1. The number of nitriles is 1. The Morgan fingerprint density at radius 2 is 0.935 bits per heavy atom. The number of fused-ring (bicyclic) bond motifs is 8. The van der Waals surface area contributed by atoms with E-state index in [9.17, 15) is 5.26 Å². The predicted octanol–water partition coefficient (Wildman–Crippen LogP) is 9.93. The first kappa shape index (κ1) is 25.8. The van der Waals surface area contributed by atoms with Crippen LogP contribution >= 0.6 is 0 Å². The van der Waals surface area contributed by atoms with Gasteiger partial charge in [-0.25, -0.2) is 0 Å². The Labute approximate surface area is 263 Å². The standard InChI is InChI=1S/C42H22N4/c1-44-46-42-38-21-28(32-15-7-11-26-9-3-5-13-30(26)32)17-19-34(38)36-22-39-35(23-40(36)42)33-18-16-27(20-37(33)41(39)45-24-43)31-14-6-10-25-8-2-4-12-29(25)31/h2-23H/b45-41+,46-42+. The molecule has 4 nitrogen and oxygen atoms in total. The lowest BCUT2D eigenvalue weighted by Gasteiger charge is -2.07. The fourth-order valence-electron chi connectivity index (χ4n) is 7.29. The van der Waals surface area contributed by atoms with E-state index in [1.165, 1.54) is 21.5 Å². The molecule has 9 aromatic rings. The zero-order valence-electron chi connectivity index (χ0n) is 24.5. The third kappa shape index (κ3) is 3.72. The summed E-state index contributed by atoms with van der Waals surface area (Å²) in [5, 5.41) is 27.9. The molecule has 0 unspecified atom stereocenters. The summed E-state index contributed by atoms with van der Waals surface area (Å²) in [4.78, 5) is 7.86. The van der Waals surface area contributed by atoms with E-state index < -0.39 is 0 Å². The van der Waals surface area contributed by atoms with Gasteiger partial charge in [-0.15, -0.1) is 4.95 Å². The Morgan fingerprint density at radius 3 is 1.48 bits per heavy atom. The molecule has 9 rings (SSSR count). The third-order valence-corrected chi connectivity index (χ3v) is 9.31. The van der Waals surface area contributed by atoms with Crippen molar-refractivity contribution in [2.24, 2.45) is 10.1 Å². The molecule has 0 saturated carbocycles. The molecule has 0 amide bonds. The van der Waals surface area contributed by atoms with Crippen LogP contribution in [0.5, 0.6) is 0 Å². The van der Waals surface area contributed by atoms with Crippen molar-refractivity contribution in [3.05, 3.63) is 156 Å². The number of hydrogen-bond acceptors (Lipinski definition) is 3. The highest BCUT2D eigenvalue weighted by molar-refractivity contribution is 6.22. The van der Waals surface area contributed by atoms with Gasteiger partial charge in [-0.2, -0.15) is 16.8 Å². The minimum absolute atomic E-state index is 0.668. The van der Waals surface area contributed by atoms with Gasteiger partial charge in [0.2, 0.25) is 6.19 Å². The van der Waals surface area contributed by atoms with E-state index in [4.69, 9.17) is 6.57 Å². The molecule has 0 aliphatic heterocycles. The Balaban J connectivity index is 1.33. The Morgan fingerprint density at radius 1 is 0.457 bits per heavy atom. The quantitative estimate of drug-likeness (QED) is 0.114. The van der Waals surface area contributed by atoms with Crippen LogP contribution in [0.3, 0.4) is 0 Å². The molecule has 0 aliphatic rings. The molecule has 0 aromatic heterocycles. The maximum Gasteiger partial charge on any atom is 0.206 e. The zero-order valence-corrected chi connectivity index (χ0v) is 24.5. The summed E-state index contributed by atoms with van der Waals surface area (Å²) >= 11 is 0. The topological polar surface area (TPSA) is 52.9 Å². The van der Waals surface area contributed by atoms with Gasteiger partial charge in [-0.3, -0.25) is 0 Å². The molecule has 9 aromatic carbocycles. The minimum atomic E-state index is 0.668. The van der Waals surface area contributed by atoms with Crippen molar-refractivity contribution in [1.29, 1.82) is 5.26 Å². The van der Waals surface area contributed by atoms with Crippen LogP contribution in [-0.2, 0) is 0 Å². The molecule has 4 heteroatoms. The van der Waals surface area contributed by atoms with Gasteiger partial charge in [0.25, 0.3) is 0 Å². The van der Waals surface area contributed by atoms with E-state index in [1.54, 1.807) is 0 Å². The number of benzene rings is 7. The summed E-state index contributed by atoms with van der Waals surface area (Å²) in [5.74, 6) is 0. The molecule has 0 N–H and O–H groups in total. The highest BCUT2D eigenvalue weighted by Crippen LogP contribution is 2.37. The average molecular weight is 583 g/mol. The van der Waals surface area contributed by atoms with Crippen LogP contribution in [0, 0.1) is 18.0 Å². The highest BCUT2D eigenvalue weighted by Gasteiger charge is 2.18. The van der Waals surface area contributed by atoms with Gasteiger partial charge in [-0.05, 0) is 89.6 Å². The fourth-order valence-corrected chi connectivity index (χ4v) is 7.29. The van der Waals surface area contributed by atoms with Crippen LogP contribution in [0.15, 0.2) is 144 Å². The van der Waals surface area contributed by atoms with Crippen LogP contribution in [-0.4, -0.2) is 0 Å². The summed E-state index contributed by atoms with van der Waals surface area (Å²) < 4.78 is 0. The van der Waals surface area contributed by atoms with Crippen LogP contribution < -0.4 is 10.7 Å². The van der Waals surface area contributed by atoms with Gasteiger partial charge >= 0.3 is 0 Å². The lowest BCUT2D eigenvalue weighted by molar-refractivity contribution is 1.37. The molecule has 0 spiro atoms. The first-order valence-electron chi connectivity index (χ1n) is 15.1. The molecule has 46 heavy (non-hydrogen) atoms. The van der Waals surface area contributed by atoms with Gasteiger partial charge in [-0.1, -0.05) is 109 Å². The smallest absolute Gasteiger partial charge is 0.181 e. The molecular weight excluding hydrogens is 560 g/mol. The van der Waals surface area contributed by atoms with Crippen molar-refractivity contribution in [3.8, 4) is 28.4 Å². The molecule has 0 radical (unpaired) electrons. The fraction of sp³-hybridized carbons (Fsp3) is 0. The minimum Gasteiger partial charge on any atom is -0.181 e. The van der Waals surface area contributed by atoms with Gasteiger partial charge in [0, 0.05) is 21.5 Å². The maximum absolute atomic E-state index is 9.79. The third-order valence-electron chi connectivity index (χ3n) is 9.31. The lowest BCUT2D eigenvalue weighted by atomic mass is 9.97. The van der Waals surface area contributed by atoms with Crippen LogP contribution in [0.2, 0.25) is 0 Å². The van der Waals surface area contributed by atoms with E-state index in [0.29, 0.717) is 10.7 Å². The second-order valence-corrected chi connectivity index (χ2v) is 11.6. The molecular formula is C42H22N4. The Bertz CT molecular complexity index is 2730. The summed E-state index contributed by atoms with van der Waals surface area (Å²) in [5.41, 5.74) is 4.42. The van der Waals surface area contributed by atoms with Crippen molar-refractivity contribution >= 4 is 64.6 Å². The van der Waals surface area contributed by atoms with Gasteiger partial charge < -0.3 is 0 Å². The largest absolute Gasteiger partial charge is 0.206 e. The summed E-state index contributed by atoms with van der Waals surface area (Å²) in [6.07, 6.45) is 2.06. The van der Waals surface area contributed by atoms with E-state index in [-0.39, 0.29) is 0 Å². The highest BCUT2D eigenvalue weighted by atomic mass is 15.2. The molecule has 0 bridgehead atoms. The number of hydrogen-bond donors (Lipinski definition) is 0. The second-order valence-electron chi connectivity index (χ2n) is 11.6. The van der Waals surface area contributed by atoms with Crippen LogP contribution in [0.1, 0.15) is 0 Å². The summed E-state index contributed by atoms with van der Waals surface area (Å²) in [7, 11) is 0. The number of rotatable bonds is 2. The van der Waals surface area contributed by atoms with Crippen LogP contribution in [0.4, 0.5) is 0 Å². The van der Waals surface area contributed by atoms with E-state index in [0.717, 1.165) is 65.3 Å². The maximum atomic E-state index is 9.79. The van der Waals surface area contributed by atoms with Gasteiger partial charge in [0.05, 0.1) is 10.5 Å². The van der Waals surface area contributed by atoms with Crippen molar-refractivity contribution in [1.82, 2.24) is 0 Å². The number of nitrogens with zero attached hydrogens (tertiary/aromatic N) is 4. The van der Waals surface area contributed by atoms with Crippen LogP contribution in [0.25, 0.3) is 91.8 Å². The summed E-state index contributed by atoms with van der Waals surface area (Å²) in [6, 6.07) is 46.5. The molecule has 0 heterocycles. The first-order chi connectivity index (χ1) is 22.7. The molecule has 0 aliphatic carbocycles.